The Bertz CT molecular complexity index is 1160. The molecule has 3 aromatic rings. The normalized spacial score (nSPS) is 22.2. The van der Waals surface area contributed by atoms with Crippen molar-refractivity contribution in [1.82, 2.24) is 0 Å². The van der Waals surface area contributed by atoms with Gasteiger partial charge in [-0.05, 0) is 29.5 Å². The van der Waals surface area contributed by atoms with Crippen molar-refractivity contribution in [2.75, 3.05) is 13.2 Å². The van der Waals surface area contributed by atoms with Crippen LogP contribution in [0.4, 0.5) is 0 Å². The molecular weight excluding hydrogens is 520 g/mol. The predicted octanol–water partition coefficient (Wildman–Crippen LogP) is 6.01. The fourth-order valence-electron chi connectivity index (χ4n) is 4.68. The van der Waals surface area contributed by atoms with E-state index < -0.39 is 36.7 Å². The third-order valence-corrected chi connectivity index (χ3v) is 6.69. The van der Waals surface area contributed by atoms with E-state index in [-0.39, 0.29) is 6.61 Å². The van der Waals surface area contributed by atoms with Crippen LogP contribution in [-0.2, 0) is 53.0 Å². The van der Waals surface area contributed by atoms with Crippen LogP contribution in [0.2, 0.25) is 0 Å². The molecule has 0 amide bonds. The van der Waals surface area contributed by atoms with Crippen molar-refractivity contribution in [2.45, 2.75) is 70.3 Å². The van der Waals surface area contributed by atoms with Crippen LogP contribution in [0, 0.1) is 0 Å². The Morgan fingerprint density at radius 2 is 1.29 bits per heavy atom. The summed E-state index contributed by atoms with van der Waals surface area (Å²) in [6.45, 7) is 6.84. The first kappa shape index (κ1) is 30.6. The highest BCUT2D eigenvalue weighted by Crippen LogP contribution is 2.31. The zero-order valence-electron chi connectivity index (χ0n) is 23.6. The molecule has 1 aliphatic heterocycles. The summed E-state index contributed by atoms with van der Waals surface area (Å²) in [5.74, 6) is -0.452. The average Bonchev–Trinajstić information content (AvgIpc) is 3.00. The Morgan fingerprint density at radius 3 is 1.83 bits per heavy atom. The molecule has 2 unspecified atom stereocenters. The summed E-state index contributed by atoms with van der Waals surface area (Å²) in [6, 6.07) is 29.7. The molecule has 3 aromatic carbocycles. The molecule has 0 aliphatic carbocycles. The largest absolute Gasteiger partial charge is 0.454 e. The van der Waals surface area contributed by atoms with E-state index in [1.54, 1.807) is 0 Å². The molecule has 0 saturated carbocycles. The SMILES string of the molecule is C=CCCCO[C@H]1OC(COCc2ccccc2)[C@H](OCc2ccccc2)[C@@H](OCc2ccccc2)C1OC(C)=O. The second kappa shape index (κ2) is 16.8. The van der Waals surface area contributed by atoms with E-state index in [1.165, 1.54) is 6.92 Å². The molecule has 4 rings (SSSR count). The zero-order chi connectivity index (χ0) is 28.7. The van der Waals surface area contributed by atoms with Gasteiger partial charge in [-0.2, -0.15) is 0 Å². The van der Waals surface area contributed by atoms with Gasteiger partial charge >= 0.3 is 5.97 Å². The van der Waals surface area contributed by atoms with Gasteiger partial charge in [-0.1, -0.05) is 97.1 Å². The molecule has 1 aliphatic rings. The van der Waals surface area contributed by atoms with Crippen LogP contribution in [0.15, 0.2) is 104 Å². The Kier molecular flexibility index (Phi) is 12.6. The summed E-state index contributed by atoms with van der Waals surface area (Å²) >= 11 is 0. The zero-order valence-corrected chi connectivity index (χ0v) is 23.6. The van der Waals surface area contributed by atoms with Gasteiger partial charge in [-0.25, -0.2) is 0 Å². The second-order valence-corrected chi connectivity index (χ2v) is 9.94. The number of allylic oxidation sites excluding steroid dienone is 1. The third kappa shape index (κ3) is 9.92. The van der Waals surface area contributed by atoms with Crippen molar-refractivity contribution in [3.05, 3.63) is 120 Å². The topological polar surface area (TPSA) is 72.5 Å². The number of carbonyl (C=O) groups is 1. The maximum absolute atomic E-state index is 12.3. The van der Waals surface area contributed by atoms with E-state index >= 15 is 0 Å². The maximum atomic E-state index is 12.3. The van der Waals surface area contributed by atoms with E-state index in [4.69, 9.17) is 28.4 Å². The van der Waals surface area contributed by atoms with Gasteiger partial charge < -0.3 is 28.4 Å². The number of unbranched alkanes of at least 4 members (excludes halogenated alkanes) is 1. The highest BCUT2D eigenvalue weighted by Gasteiger charge is 2.50. The van der Waals surface area contributed by atoms with Crippen LogP contribution in [0.1, 0.15) is 36.5 Å². The summed E-state index contributed by atoms with van der Waals surface area (Å²) < 4.78 is 37.5. The molecule has 7 heteroatoms. The Hall–Kier alpha value is -3.33. The van der Waals surface area contributed by atoms with Crippen molar-refractivity contribution in [3.8, 4) is 0 Å². The molecule has 218 valence electrons. The van der Waals surface area contributed by atoms with Crippen molar-refractivity contribution < 1.29 is 33.2 Å². The van der Waals surface area contributed by atoms with Crippen LogP contribution in [0.5, 0.6) is 0 Å². The molecule has 0 spiro atoms. The molecule has 0 aromatic heterocycles. The van der Waals surface area contributed by atoms with Crippen molar-refractivity contribution in [1.29, 1.82) is 0 Å². The standard InChI is InChI=1S/C34H40O7/c1-3-4-14-21-37-34-33(40-26(2)35)32(39-24-29-19-12-7-13-20-29)31(38-23-28-17-10-6-11-18-28)30(41-34)25-36-22-27-15-8-5-9-16-27/h3,5-13,15-20,30-34H,1,4,14,21-25H2,2H3/t30?,31-,32+,33?,34-/m0/s1. The molecule has 7 nitrogen and oxygen atoms in total. The molecule has 0 radical (unpaired) electrons. The minimum absolute atomic E-state index is 0.235. The lowest BCUT2D eigenvalue weighted by Gasteiger charge is -2.45. The van der Waals surface area contributed by atoms with E-state index in [2.05, 4.69) is 6.58 Å². The number of hydrogen-bond donors (Lipinski definition) is 0. The number of carbonyl (C=O) groups excluding carboxylic acids is 1. The van der Waals surface area contributed by atoms with Crippen molar-refractivity contribution in [3.63, 3.8) is 0 Å². The molecule has 1 saturated heterocycles. The summed E-state index contributed by atoms with van der Waals surface area (Å²) in [5, 5.41) is 0. The lowest BCUT2D eigenvalue weighted by atomic mass is 9.97. The fraction of sp³-hybridized carbons (Fsp3) is 0.382. The molecule has 0 bridgehead atoms. The number of ether oxygens (including phenoxy) is 6. The van der Waals surface area contributed by atoms with Crippen LogP contribution in [0.25, 0.3) is 0 Å². The Morgan fingerprint density at radius 1 is 0.756 bits per heavy atom. The summed E-state index contributed by atoms with van der Waals surface area (Å²) in [6.07, 6.45) is -0.121. The minimum Gasteiger partial charge on any atom is -0.454 e. The predicted molar refractivity (Wildman–Crippen MR) is 156 cm³/mol. The van der Waals surface area contributed by atoms with Gasteiger partial charge in [-0.3, -0.25) is 4.79 Å². The number of benzene rings is 3. The smallest absolute Gasteiger partial charge is 0.303 e. The van der Waals surface area contributed by atoms with Gasteiger partial charge in [0.25, 0.3) is 0 Å². The third-order valence-electron chi connectivity index (χ3n) is 6.69. The Labute approximate surface area is 243 Å². The Balaban J connectivity index is 1.59. The first-order valence-corrected chi connectivity index (χ1v) is 14.1. The summed E-state index contributed by atoms with van der Waals surface area (Å²) in [4.78, 5) is 12.3. The quantitative estimate of drug-likeness (QED) is 0.121. The van der Waals surface area contributed by atoms with Gasteiger partial charge in [-0.15, -0.1) is 6.58 Å². The molecule has 41 heavy (non-hydrogen) atoms. The first-order chi connectivity index (χ1) is 20.1. The lowest BCUT2D eigenvalue weighted by Crippen LogP contribution is -2.62. The van der Waals surface area contributed by atoms with Gasteiger partial charge in [0.05, 0.1) is 33.0 Å². The van der Waals surface area contributed by atoms with Crippen LogP contribution >= 0.6 is 0 Å². The lowest BCUT2D eigenvalue weighted by molar-refractivity contribution is -0.321. The summed E-state index contributed by atoms with van der Waals surface area (Å²) in [5.41, 5.74) is 3.05. The van der Waals surface area contributed by atoms with E-state index in [0.717, 1.165) is 29.5 Å². The van der Waals surface area contributed by atoms with E-state index in [1.807, 2.05) is 97.1 Å². The van der Waals surface area contributed by atoms with Crippen LogP contribution < -0.4 is 0 Å². The second-order valence-electron chi connectivity index (χ2n) is 9.94. The van der Waals surface area contributed by atoms with Gasteiger partial charge in [0.2, 0.25) is 0 Å². The van der Waals surface area contributed by atoms with Crippen molar-refractivity contribution >= 4 is 5.97 Å². The highest BCUT2D eigenvalue weighted by molar-refractivity contribution is 5.66. The van der Waals surface area contributed by atoms with Gasteiger partial charge in [0, 0.05) is 6.92 Å². The fourth-order valence-corrected chi connectivity index (χ4v) is 4.68. The first-order valence-electron chi connectivity index (χ1n) is 14.1. The molecule has 0 N–H and O–H groups in total. The molecule has 1 heterocycles. The van der Waals surface area contributed by atoms with Crippen LogP contribution in [-0.4, -0.2) is 49.9 Å². The maximum Gasteiger partial charge on any atom is 0.303 e. The number of rotatable bonds is 16. The monoisotopic (exact) mass is 560 g/mol. The summed E-state index contributed by atoms with van der Waals surface area (Å²) in [7, 11) is 0. The average molecular weight is 561 g/mol. The van der Waals surface area contributed by atoms with E-state index in [0.29, 0.717) is 26.4 Å². The molecular formula is C34H40O7. The van der Waals surface area contributed by atoms with Crippen molar-refractivity contribution in [2.24, 2.45) is 0 Å². The molecule has 1 fully saturated rings. The van der Waals surface area contributed by atoms with E-state index in [9.17, 15) is 4.79 Å². The minimum atomic E-state index is -0.855. The van der Waals surface area contributed by atoms with Gasteiger partial charge in [0.1, 0.15) is 18.3 Å². The number of hydrogen-bond acceptors (Lipinski definition) is 7. The molecule has 5 atom stereocenters. The van der Waals surface area contributed by atoms with Gasteiger partial charge in [0.15, 0.2) is 12.4 Å². The number of esters is 1. The highest BCUT2D eigenvalue weighted by atomic mass is 16.7. The van der Waals surface area contributed by atoms with Crippen LogP contribution in [0.3, 0.4) is 0 Å².